The molecule has 3 rings (SSSR count). The van der Waals surface area contributed by atoms with Crippen molar-refractivity contribution in [2.45, 2.75) is 39.0 Å². The molecule has 1 aliphatic rings. The Morgan fingerprint density at radius 3 is 2.38 bits per heavy atom. The van der Waals surface area contributed by atoms with Crippen LogP contribution in [-0.2, 0) is 22.6 Å². The number of carbonyl (C=O) groups excluding carboxylic acids is 1. The van der Waals surface area contributed by atoms with Gasteiger partial charge in [-0.2, -0.15) is 18.3 Å². The van der Waals surface area contributed by atoms with E-state index in [2.05, 4.69) is 5.10 Å². The second-order valence-electron chi connectivity index (χ2n) is 7.39. The average molecular weight is 429 g/mol. The zero-order valence-electron chi connectivity index (χ0n) is 16.3. The summed E-state index contributed by atoms with van der Waals surface area (Å²) in [5.41, 5.74) is 1.63. The van der Waals surface area contributed by atoms with Crippen molar-refractivity contribution in [1.29, 1.82) is 0 Å². The monoisotopic (exact) mass is 429 g/mol. The van der Waals surface area contributed by atoms with Crippen molar-refractivity contribution in [1.82, 2.24) is 14.7 Å². The summed E-state index contributed by atoms with van der Waals surface area (Å²) in [5, 5.41) is 4.47. The molecule has 2 heterocycles. The SMILES string of the molecule is Cc1nn([C@@H]2CCS(=O)(=O)C2)c(C)c1CN(C)C(=O)c1ccc(C(F)(F)F)cc1. The molecule has 0 spiro atoms. The summed E-state index contributed by atoms with van der Waals surface area (Å²) in [4.78, 5) is 14.0. The third-order valence-corrected chi connectivity index (χ3v) is 6.98. The molecule has 0 radical (unpaired) electrons. The maximum atomic E-state index is 12.7. The molecule has 1 aromatic carbocycles. The lowest BCUT2D eigenvalue weighted by molar-refractivity contribution is -0.137. The second-order valence-corrected chi connectivity index (χ2v) is 9.62. The lowest BCUT2D eigenvalue weighted by Crippen LogP contribution is -2.27. The summed E-state index contributed by atoms with van der Waals surface area (Å²) in [6, 6.07) is 3.87. The fourth-order valence-corrected chi connectivity index (χ4v) is 5.27. The molecule has 2 aromatic rings. The highest BCUT2D eigenvalue weighted by Crippen LogP contribution is 2.30. The quantitative estimate of drug-likeness (QED) is 0.749. The minimum atomic E-state index is -4.45. The number of aryl methyl sites for hydroxylation is 1. The van der Waals surface area contributed by atoms with Crippen molar-refractivity contribution in [3.8, 4) is 0 Å². The Balaban J connectivity index is 1.77. The number of aromatic nitrogens is 2. The van der Waals surface area contributed by atoms with Crippen molar-refractivity contribution in [2.75, 3.05) is 18.6 Å². The molecule has 6 nitrogen and oxygen atoms in total. The molecule has 10 heteroatoms. The first-order valence-corrected chi connectivity index (χ1v) is 10.9. The van der Waals surface area contributed by atoms with Crippen LogP contribution in [0.4, 0.5) is 13.2 Å². The number of benzene rings is 1. The summed E-state index contributed by atoms with van der Waals surface area (Å²) in [5.74, 6) is -0.222. The molecular weight excluding hydrogens is 407 g/mol. The topological polar surface area (TPSA) is 72.3 Å². The first kappa shape index (κ1) is 21.4. The number of hydrogen-bond donors (Lipinski definition) is 0. The van der Waals surface area contributed by atoms with E-state index >= 15 is 0 Å². The number of hydrogen-bond acceptors (Lipinski definition) is 4. The van der Waals surface area contributed by atoms with Crippen molar-refractivity contribution in [2.24, 2.45) is 0 Å². The van der Waals surface area contributed by atoms with Crippen LogP contribution in [0.5, 0.6) is 0 Å². The van der Waals surface area contributed by atoms with Crippen LogP contribution >= 0.6 is 0 Å². The number of carbonyl (C=O) groups is 1. The van der Waals surface area contributed by atoms with Gasteiger partial charge in [0, 0.05) is 30.4 Å². The maximum absolute atomic E-state index is 12.7. The minimum absolute atomic E-state index is 0.0503. The van der Waals surface area contributed by atoms with Gasteiger partial charge in [0.1, 0.15) is 0 Å². The Hall–Kier alpha value is -2.36. The Morgan fingerprint density at radius 1 is 1.24 bits per heavy atom. The van der Waals surface area contributed by atoms with Crippen molar-refractivity contribution >= 4 is 15.7 Å². The molecule has 0 bridgehead atoms. The van der Waals surface area contributed by atoms with Crippen molar-refractivity contribution in [3.63, 3.8) is 0 Å². The van der Waals surface area contributed by atoms with Gasteiger partial charge in [0.25, 0.3) is 5.91 Å². The maximum Gasteiger partial charge on any atom is 0.416 e. The van der Waals surface area contributed by atoms with Gasteiger partial charge in [-0.3, -0.25) is 9.48 Å². The van der Waals surface area contributed by atoms with Crippen molar-refractivity contribution < 1.29 is 26.4 Å². The Morgan fingerprint density at radius 2 is 1.86 bits per heavy atom. The zero-order valence-corrected chi connectivity index (χ0v) is 17.1. The highest BCUT2D eigenvalue weighted by atomic mass is 32.2. The molecular formula is C19H22F3N3O3S. The van der Waals surface area contributed by atoms with Gasteiger partial charge >= 0.3 is 6.18 Å². The second kappa shape index (κ2) is 7.47. The van der Waals surface area contributed by atoms with Crippen LogP contribution in [0.3, 0.4) is 0 Å². The predicted octanol–water partition coefficient (Wildman–Crippen LogP) is 3.15. The molecule has 1 amide bonds. The Labute approximate surface area is 167 Å². The standard InChI is InChI=1S/C19H22F3N3O3S/c1-12-17(13(2)25(23-12)16-8-9-29(27,28)11-16)10-24(3)18(26)14-4-6-15(7-5-14)19(20,21)22/h4-7,16H,8-11H2,1-3H3/t16-/m1/s1. The van der Waals surface area contributed by atoms with E-state index in [1.165, 1.54) is 4.90 Å². The number of nitrogens with zero attached hydrogens (tertiary/aromatic N) is 3. The molecule has 0 unspecified atom stereocenters. The normalized spacial score (nSPS) is 18.8. The molecule has 0 aliphatic carbocycles. The zero-order chi connectivity index (χ0) is 21.6. The first-order valence-electron chi connectivity index (χ1n) is 9.07. The van der Waals surface area contributed by atoms with Gasteiger partial charge in [0.15, 0.2) is 9.84 Å². The lowest BCUT2D eigenvalue weighted by atomic mass is 10.1. The highest BCUT2D eigenvalue weighted by molar-refractivity contribution is 7.91. The van der Waals surface area contributed by atoms with Gasteiger partial charge < -0.3 is 4.90 Å². The molecule has 1 atom stereocenters. The smallest absolute Gasteiger partial charge is 0.337 e. The Bertz CT molecular complexity index is 1030. The van der Waals surface area contributed by atoms with Gasteiger partial charge in [-0.15, -0.1) is 0 Å². The number of halogens is 3. The van der Waals surface area contributed by atoms with Crippen LogP contribution in [0.25, 0.3) is 0 Å². The average Bonchev–Trinajstić information content (AvgIpc) is 3.13. The van der Waals surface area contributed by atoms with Crippen LogP contribution in [0.2, 0.25) is 0 Å². The van der Waals surface area contributed by atoms with Crippen LogP contribution in [0, 0.1) is 13.8 Å². The van der Waals surface area contributed by atoms with E-state index < -0.39 is 27.5 Å². The van der Waals surface area contributed by atoms with E-state index in [1.54, 1.807) is 18.7 Å². The van der Waals surface area contributed by atoms with Gasteiger partial charge in [0.2, 0.25) is 0 Å². The van der Waals surface area contributed by atoms with E-state index in [-0.39, 0.29) is 29.7 Å². The lowest BCUT2D eigenvalue weighted by Gasteiger charge is -2.18. The minimum Gasteiger partial charge on any atom is -0.337 e. The summed E-state index contributed by atoms with van der Waals surface area (Å²) < 4.78 is 63.3. The summed E-state index contributed by atoms with van der Waals surface area (Å²) in [7, 11) is -1.49. The largest absolute Gasteiger partial charge is 0.416 e. The molecule has 1 aliphatic heterocycles. The van der Waals surface area contributed by atoms with Crippen LogP contribution in [0.15, 0.2) is 24.3 Å². The van der Waals surface area contributed by atoms with E-state index in [0.29, 0.717) is 12.1 Å². The number of sulfone groups is 1. The van der Waals surface area contributed by atoms with Crippen LogP contribution in [0.1, 0.15) is 45.3 Å². The fraction of sp³-hybridized carbons (Fsp3) is 0.474. The summed E-state index contributed by atoms with van der Waals surface area (Å²) >= 11 is 0. The Kier molecular flexibility index (Phi) is 5.50. The number of alkyl halides is 3. The fourth-order valence-electron chi connectivity index (χ4n) is 3.58. The van der Waals surface area contributed by atoms with Crippen LogP contribution in [-0.4, -0.2) is 47.6 Å². The van der Waals surface area contributed by atoms with E-state index in [1.807, 2.05) is 6.92 Å². The van der Waals surface area contributed by atoms with Crippen molar-refractivity contribution in [3.05, 3.63) is 52.3 Å². The summed E-state index contributed by atoms with van der Waals surface area (Å²) in [6.07, 6.45) is -3.95. The summed E-state index contributed by atoms with van der Waals surface area (Å²) in [6.45, 7) is 3.84. The van der Waals surface area contributed by atoms with Gasteiger partial charge in [0.05, 0.1) is 28.8 Å². The molecule has 0 saturated carbocycles. The predicted molar refractivity (Wildman–Crippen MR) is 101 cm³/mol. The number of rotatable bonds is 4. The number of amides is 1. The van der Waals surface area contributed by atoms with E-state index in [4.69, 9.17) is 0 Å². The molecule has 0 N–H and O–H groups in total. The molecule has 29 heavy (non-hydrogen) atoms. The first-order chi connectivity index (χ1) is 13.4. The third kappa shape index (κ3) is 4.47. The molecule has 1 aromatic heterocycles. The van der Waals surface area contributed by atoms with E-state index in [9.17, 15) is 26.4 Å². The third-order valence-electron chi connectivity index (χ3n) is 5.23. The van der Waals surface area contributed by atoms with E-state index in [0.717, 1.165) is 35.5 Å². The molecule has 1 fully saturated rings. The molecule has 158 valence electrons. The highest BCUT2D eigenvalue weighted by Gasteiger charge is 2.32. The van der Waals surface area contributed by atoms with Gasteiger partial charge in [-0.25, -0.2) is 8.42 Å². The molecule has 1 saturated heterocycles. The van der Waals surface area contributed by atoms with Gasteiger partial charge in [-0.1, -0.05) is 0 Å². The van der Waals surface area contributed by atoms with Crippen LogP contribution < -0.4 is 0 Å². The van der Waals surface area contributed by atoms with Gasteiger partial charge in [-0.05, 0) is 44.5 Å².